The average Bonchev–Trinajstić information content (AvgIpc) is 2.56. The van der Waals surface area contributed by atoms with Crippen molar-refractivity contribution in [2.24, 2.45) is 0 Å². The molecule has 1 atom stereocenters. The molecule has 1 fully saturated rings. The SMILES string of the molecule is Clc1cc([C@@H]2CNCCO2)ccc1OCc1c(Cl)cccc1Cl. The van der Waals surface area contributed by atoms with Gasteiger partial charge < -0.3 is 14.8 Å². The number of halogens is 3. The molecular formula is C17H16Cl3NO2. The molecule has 0 amide bonds. The van der Waals surface area contributed by atoms with Crippen molar-refractivity contribution in [3.05, 3.63) is 62.6 Å². The summed E-state index contributed by atoms with van der Waals surface area (Å²) in [6, 6.07) is 11.1. The summed E-state index contributed by atoms with van der Waals surface area (Å²) >= 11 is 18.6. The summed E-state index contributed by atoms with van der Waals surface area (Å²) in [6.07, 6.45) is 0.0216. The van der Waals surface area contributed by atoms with E-state index < -0.39 is 0 Å². The topological polar surface area (TPSA) is 30.5 Å². The lowest BCUT2D eigenvalue weighted by Gasteiger charge is -2.24. The molecular weight excluding hydrogens is 357 g/mol. The van der Waals surface area contributed by atoms with Gasteiger partial charge in [-0.25, -0.2) is 0 Å². The second-order valence-corrected chi connectivity index (χ2v) is 6.46. The highest BCUT2D eigenvalue weighted by molar-refractivity contribution is 6.36. The predicted molar refractivity (Wildman–Crippen MR) is 93.8 cm³/mol. The van der Waals surface area contributed by atoms with Crippen LogP contribution in [0.1, 0.15) is 17.2 Å². The molecule has 3 nitrogen and oxygen atoms in total. The second-order valence-electron chi connectivity index (χ2n) is 5.24. The van der Waals surface area contributed by atoms with Gasteiger partial charge in [-0.3, -0.25) is 0 Å². The zero-order valence-corrected chi connectivity index (χ0v) is 14.6. The summed E-state index contributed by atoms with van der Waals surface area (Å²) in [4.78, 5) is 0. The van der Waals surface area contributed by atoms with Crippen LogP contribution in [0.4, 0.5) is 0 Å². The molecule has 122 valence electrons. The molecule has 2 aromatic rings. The van der Waals surface area contributed by atoms with E-state index in [1.54, 1.807) is 18.2 Å². The smallest absolute Gasteiger partial charge is 0.138 e. The second kappa shape index (κ2) is 7.73. The molecule has 0 saturated carbocycles. The summed E-state index contributed by atoms with van der Waals surface area (Å²) in [5.41, 5.74) is 1.78. The number of ether oxygens (including phenoxy) is 2. The Hall–Kier alpha value is -0.970. The maximum Gasteiger partial charge on any atom is 0.138 e. The molecule has 1 heterocycles. The monoisotopic (exact) mass is 371 g/mol. The Labute approximate surface area is 150 Å². The van der Waals surface area contributed by atoms with E-state index in [0.29, 0.717) is 27.4 Å². The Bertz CT molecular complexity index is 667. The van der Waals surface area contributed by atoms with E-state index in [0.717, 1.165) is 24.2 Å². The summed E-state index contributed by atoms with van der Waals surface area (Å²) in [6.45, 7) is 2.63. The van der Waals surface area contributed by atoms with Gasteiger partial charge in [0.15, 0.2) is 0 Å². The largest absolute Gasteiger partial charge is 0.487 e. The first kappa shape index (κ1) is 16.9. The van der Waals surface area contributed by atoms with Gasteiger partial charge in [-0.1, -0.05) is 46.9 Å². The number of benzene rings is 2. The molecule has 1 N–H and O–H groups in total. The zero-order chi connectivity index (χ0) is 16.2. The van der Waals surface area contributed by atoms with Crippen LogP contribution in [0.2, 0.25) is 15.1 Å². The summed E-state index contributed by atoms with van der Waals surface area (Å²) in [5, 5.41) is 4.99. The normalized spacial score (nSPS) is 18.0. The van der Waals surface area contributed by atoms with E-state index in [9.17, 15) is 0 Å². The van der Waals surface area contributed by atoms with Gasteiger partial charge in [0.2, 0.25) is 0 Å². The minimum atomic E-state index is 0.0216. The molecule has 0 unspecified atom stereocenters. The molecule has 0 aliphatic carbocycles. The van der Waals surface area contributed by atoms with Gasteiger partial charge in [0.25, 0.3) is 0 Å². The van der Waals surface area contributed by atoms with Crippen LogP contribution in [0.15, 0.2) is 36.4 Å². The highest BCUT2D eigenvalue weighted by Gasteiger charge is 2.17. The number of rotatable bonds is 4. The highest BCUT2D eigenvalue weighted by atomic mass is 35.5. The molecule has 0 spiro atoms. The Morgan fingerprint density at radius 3 is 2.52 bits per heavy atom. The number of morpholine rings is 1. The highest BCUT2D eigenvalue weighted by Crippen LogP contribution is 2.32. The maximum atomic E-state index is 6.33. The number of nitrogens with one attached hydrogen (secondary N) is 1. The van der Waals surface area contributed by atoms with Gasteiger partial charge in [-0.05, 0) is 29.8 Å². The van der Waals surface area contributed by atoms with Crippen molar-refractivity contribution < 1.29 is 9.47 Å². The van der Waals surface area contributed by atoms with E-state index in [1.165, 1.54) is 0 Å². The molecule has 0 radical (unpaired) electrons. The van der Waals surface area contributed by atoms with Gasteiger partial charge in [-0.15, -0.1) is 0 Å². The molecule has 2 aromatic carbocycles. The van der Waals surface area contributed by atoms with Crippen molar-refractivity contribution in [3.63, 3.8) is 0 Å². The third kappa shape index (κ3) is 4.11. The van der Waals surface area contributed by atoms with Crippen LogP contribution in [0, 0.1) is 0 Å². The van der Waals surface area contributed by atoms with Crippen molar-refractivity contribution in [1.82, 2.24) is 5.32 Å². The molecule has 3 rings (SSSR count). The lowest BCUT2D eigenvalue weighted by molar-refractivity contribution is 0.0277. The van der Waals surface area contributed by atoms with E-state index in [4.69, 9.17) is 44.3 Å². The first-order valence-corrected chi connectivity index (χ1v) is 8.46. The average molecular weight is 373 g/mol. The van der Waals surface area contributed by atoms with Crippen molar-refractivity contribution in [2.45, 2.75) is 12.7 Å². The van der Waals surface area contributed by atoms with E-state index in [-0.39, 0.29) is 12.7 Å². The Kier molecular flexibility index (Phi) is 5.67. The minimum Gasteiger partial charge on any atom is -0.487 e. The molecule has 6 heteroatoms. The van der Waals surface area contributed by atoms with Crippen LogP contribution in [-0.4, -0.2) is 19.7 Å². The lowest BCUT2D eigenvalue weighted by Crippen LogP contribution is -2.33. The fraction of sp³-hybridized carbons (Fsp3) is 0.294. The van der Waals surface area contributed by atoms with Gasteiger partial charge in [0, 0.05) is 28.7 Å². The van der Waals surface area contributed by atoms with Crippen LogP contribution in [0.5, 0.6) is 5.75 Å². The van der Waals surface area contributed by atoms with E-state index in [1.807, 2.05) is 18.2 Å². The summed E-state index contributed by atoms with van der Waals surface area (Å²) < 4.78 is 11.5. The van der Waals surface area contributed by atoms with Gasteiger partial charge in [0.1, 0.15) is 12.4 Å². The fourth-order valence-electron chi connectivity index (χ4n) is 2.43. The van der Waals surface area contributed by atoms with E-state index >= 15 is 0 Å². The first-order chi connectivity index (χ1) is 11.1. The molecule has 1 aliphatic rings. The van der Waals surface area contributed by atoms with Gasteiger partial charge in [0.05, 0.1) is 17.7 Å². The Balaban J connectivity index is 1.71. The van der Waals surface area contributed by atoms with Crippen molar-refractivity contribution >= 4 is 34.8 Å². The van der Waals surface area contributed by atoms with E-state index in [2.05, 4.69) is 5.32 Å². The molecule has 0 bridgehead atoms. The Morgan fingerprint density at radius 1 is 1.09 bits per heavy atom. The third-order valence-electron chi connectivity index (χ3n) is 3.69. The summed E-state index contributed by atoms with van der Waals surface area (Å²) in [7, 11) is 0. The van der Waals surface area contributed by atoms with Gasteiger partial charge >= 0.3 is 0 Å². The van der Waals surface area contributed by atoms with Crippen LogP contribution < -0.4 is 10.1 Å². The first-order valence-electron chi connectivity index (χ1n) is 7.32. The summed E-state index contributed by atoms with van der Waals surface area (Å²) in [5.74, 6) is 0.593. The third-order valence-corrected chi connectivity index (χ3v) is 4.69. The van der Waals surface area contributed by atoms with Crippen LogP contribution in [-0.2, 0) is 11.3 Å². The fourth-order valence-corrected chi connectivity index (χ4v) is 3.18. The molecule has 1 saturated heterocycles. The van der Waals surface area contributed by atoms with Crippen LogP contribution in [0.25, 0.3) is 0 Å². The van der Waals surface area contributed by atoms with Crippen molar-refractivity contribution in [1.29, 1.82) is 0 Å². The van der Waals surface area contributed by atoms with Crippen molar-refractivity contribution in [3.8, 4) is 5.75 Å². The molecule has 0 aromatic heterocycles. The zero-order valence-electron chi connectivity index (χ0n) is 12.3. The molecule has 23 heavy (non-hydrogen) atoms. The van der Waals surface area contributed by atoms with Gasteiger partial charge in [-0.2, -0.15) is 0 Å². The minimum absolute atomic E-state index is 0.0216. The maximum absolute atomic E-state index is 6.33. The van der Waals surface area contributed by atoms with Crippen molar-refractivity contribution in [2.75, 3.05) is 19.7 Å². The number of hydrogen-bond donors (Lipinski definition) is 1. The quantitative estimate of drug-likeness (QED) is 0.829. The number of hydrogen-bond acceptors (Lipinski definition) is 3. The van der Waals surface area contributed by atoms with Crippen LogP contribution >= 0.6 is 34.8 Å². The molecule has 1 aliphatic heterocycles. The van der Waals surface area contributed by atoms with Crippen LogP contribution in [0.3, 0.4) is 0 Å². The standard InChI is InChI=1S/C17H16Cl3NO2/c18-13-2-1-3-14(19)12(13)10-23-16-5-4-11(8-15(16)20)17-9-21-6-7-22-17/h1-5,8,17,21H,6-7,9-10H2/t17-/m0/s1. The predicted octanol–water partition coefficient (Wildman–Crippen LogP) is 4.89. The Morgan fingerprint density at radius 2 is 1.87 bits per heavy atom. The lowest BCUT2D eigenvalue weighted by atomic mass is 10.1.